The van der Waals surface area contributed by atoms with E-state index in [0.717, 1.165) is 6.07 Å². The fourth-order valence-corrected chi connectivity index (χ4v) is 3.04. The highest BCUT2D eigenvalue weighted by Gasteiger charge is 2.38. The van der Waals surface area contributed by atoms with Crippen molar-refractivity contribution < 1.29 is 24.0 Å². The van der Waals surface area contributed by atoms with Crippen molar-refractivity contribution in [2.45, 2.75) is 16.7 Å². The van der Waals surface area contributed by atoms with Crippen molar-refractivity contribution in [2.24, 2.45) is 0 Å². The van der Waals surface area contributed by atoms with Crippen LogP contribution in [0.1, 0.15) is 15.9 Å². The number of aromatic nitrogens is 3. The second-order valence-corrected chi connectivity index (χ2v) is 5.60. The zero-order valence-corrected chi connectivity index (χ0v) is 11.3. The van der Waals surface area contributed by atoms with Crippen molar-refractivity contribution in [3.8, 4) is 5.75 Å². The molecular formula is C11H9BFN3O4S. The summed E-state index contributed by atoms with van der Waals surface area (Å²) in [6.45, 7) is 0. The monoisotopic (exact) mass is 309 g/mol. The van der Waals surface area contributed by atoms with Gasteiger partial charge in [-0.15, -0.1) is 0 Å². The first-order valence-electron chi connectivity index (χ1n) is 5.97. The van der Waals surface area contributed by atoms with Gasteiger partial charge in [-0.1, -0.05) is 17.8 Å². The molecule has 0 saturated carbocycles. The number of benzene rings is 1. The topological polar surface area (TPSA) is 108 Å². The molecule has 10 heteroatoms. The van der Waals surface area contributed by atoms with Crippen molar-refractivity contribution in [1.82, 2.24) is 15.2 Å². The van der Waals surface area contributed by atoms with E-state index in [1.807, 2.05) is 0 Å². The van der Waals surface area contributed by atoms with Gasteiger partial charge in [0.2, 0.25) is 0 Å². The minimum Gasteiger partial charge on any atom is -0.535 e. The van der Waals surface area contributed by atoms with E-state index < -0.39 is 29.6 Å². The average molecular weight is 309 g/mol. The Morgan fingerprint density at radius 1 is 1.57 bits per heavy atom. The predicted molar refractivity (Wildman–Crippen MR) is 71.7 cm³/mol. The normalized spacial score (nSPS) is 17.2. The first-order valence-corrected chi connectivity index (χ1v) is 6.85. The number of nitrogens with one attached hydrogen (secondary N) is 1. The lowest BCUT2D eigenvalue weighted by Gasteiger charge is -2.27. The number of aromatic amines is 1. The highest BCUT2D eigenvalue weighted by molar-refractivity contribution is 8.01. The van der Waals surface area contributed by atoms with Gasteiger partial charge >= 0.3 is 13.1 Å². The minimum absolute atomic E-state index is 0.121. The Balaban J connectivity index is 1.92. The Hall–Kier alpha value is -2.07. The minimum atomic E-state index is -1.43. The van der Waals surface area contributed by atoms with Crippen LogP contribution < -0.4 is 4.65 Å². The molecule has 0 saturated heterocycles. The fraction of sp³-hybridized carbons (Fsp3) is 0.182. The van der Waals surface area contributed by atoms with E-state index in [1.165, 1.54) is 24.2 Å². The van der Waals surface area contributed by atoms with Crippen LogP contribution in [0.2, 0.25) is 0 Å². The maximum Gasteiger partial charge on any atom is 0.537 e. The van der Waals surface area contributed by atoms with Crippen LogP contribution in [0.4, 0.5) is 4.39 Å². The zero-order valence-electron chi connectivity index (χ0n) is 10.5. The van der Waals surface area contributed by atoms with E-state index in [1.54, 1.807) is 0 Å². The summed E-state index contributed by atoms with van der Waals surface area (Å²) in [7, 11) is -1.27. The van der Waals surface area contributed by atoms with Crippen LogP contribution in [0.15, 0.2) is 23.6 Å². The number of aromatic carboxylic acids is 1. The van der Waals surface area contributed by atoms with Gasteiger partial charge in [0, 0.05) is 0 Å². The van der Waals surface area contributed by atoms with Crippen LogP contribution in [0.25, 0.3) is 0 Å². The molecule has 0 radical (unpaired) electrons. The number of hydrogen-bond donors (Lipinski definition) is 3. The van der Waals surface area contributed by atoms with Gasteiger partial charge in [-0.25, -0.2) is 14.2 Å². The second-order valence-electron chi connectivity index (χ2n) is 4.38. The Labute approximate surface area is 122 Å². The number of halogens is 1. The largest absolute Gasteiger partial charge is 0.537 e. The van der Waals surface area contributed by atoms with Crippen molar-refractivity contribution in [2.75, 3.05) is 0 Å². The van der Waals surface area contributed by atoms with Crippen molar-refractivity contribution in [1.29, 1.82) is 0 Å². The summed E-state index contributed by atoms with van der Waals surface area (Å²) < 4.78 is 18.8. The molecule has 0 fully saturated rings. The molecule has 2 aromatic rings. The van der Waals surface area contributed by atoms with Crippen LogP contribution in [-0.2, 0) is 6.42 Å². The van der Waals surface area contributed by atoms with Gasteiger partial charge < -0.3 is 14.8 Å². The molecule has 21 heavy (non-hydrogen) atoms. The third-order valence-electron chi connectivity index (χ3n) is 3.04. The number of fused-ring (bicyclic) bond motifs is 1. The first kappa shape index (κ1) is 13.9. The molecule has 2 heterocycles. The molecule has 1 atom stereocenters. The SMILES string of the molecule is O=C(O)c1c(F)ccc2c1OB(O)[C@@H](Sc1ncn[nH]1)C2. The molecule has 1 aliphatic heterocycles. The highest BCUT2D eigenvalue weighted by atomic mass is 32.2. The Morgan fingerprint density at radius 3 is 3.05 bits per heavy atom. The van der Waals surface area contributed by atoms with Gasteiger partial charge in [-0.3, -0.25) is 5.10 Å². The summed E-state index contributed by atoms with van der Waals surface area (Å²) in [5.74, 6) is -2.45. The van der Waals surface area contributed by atoms with Gasteiger partial charge in [-0.2, -0.15) is 5.10 Å². The summed E-state index contributed by atoms with van der Waals surface area (Å²) >= 11 is 1.22. The number of thioether (sulfide) groups is 1. The molecule has 1 aromatic carbocycles. The van der Waals surface area contributed by atoms with E-state index in [-0.39, 0.29) is 5.75 Å². The van der Waals surface area contributed by atoms with Crippen LogP contribution >= 0.6 is 11.8 Å². The molecule has 0 spiro atoms. The predicted octanol–water partition coefficient (Wildman–Crippen LogP) is 0.757. The number of hydrogen-bond acceptors (Lipinski definition) is 6. The molecule has 108 valence electrons. The van der Waals surface area contributed by atoms with E-state index >= 15 is 0 Å². The number of rotatable bonds is 3. The van der Waals surface area contributed by atoms with Gasteiger partial charge in [0.25, 0.3) is 0 Å². The summed E-state index contributed by atoms with van der Waals surface area (Å²) in [4.78, 5) is 15.0. The molecule has 1 aliphatic rings. The lowest BCUT2D eigenvalue weighted by molar-refractivity contribution is 0.0689. The van der Waals surface area contributed by atoms with Gasteiger partial charge in [0.1, 0.15) is 23.5 Å². The third-order valence-corrected chi connectivity index (χ3v) is 4.16. The third kappa shape index (κ3) is 2.59. The average Bonchev–Trinajstić information content (AvgIpc) is 2.92. The van der Waals surface area contributed by atoms with Crippen molar-refractivity contribution in [3.63, 3.8) is 0 Å². The van der Waals surface area contributed by atoms with Crippen LogP contribution in [0.3, 0.4) is 0 Å². The molecule has 0 bridgehead atoms. The van der Waals surface area contributed by atoms with E-state index in [9.17, 15) is 14.2 Å². The lowest BCUT2D eigenvalue weighted by atomic mass is 9.77. The van der Waals surface area contributed by atoms with Gasteiger partial charge in [0.15, 0.2) is 5.16 Å². The smallest absolute Gasteiger partial charge is 0.535 e. The molecule has 0 unspecified atom stereocenters. The molecule has 3 N–H and O–H groups in total. The van der Waals surface area contributed by atoms with Crippen LogP contribution in [0, 0.1) is 5.82 Å². The standard InChI is InChI=1S/C11H9BFN3O4S/c13-6-2-1-5-3-7(21-11-14-4-15-16-11)12(19)20-9(5)8(6)10(17)18/h1-2,4,7,19H,3H2,(H,17,18)(H,14,15,16)/t7-/m0/s1. The fourth-order valence-electron chi connectivity index (χ4n) is 2.10. The molecule has 7 nitrogen and oxygen atoms in total. The highest BCUT2D eigenvalue weighted by Crippen LogP contribution is 2.36. The molecule has 0 amide bonds. The van der Waals surface area contributed by atoms with Crippen molar-refractivity contribution >= 4 is 24.8 Å². The van der Waals surface area contributed by atoms with E-state index in [4.69, 9.17) is 9.76 Å². The van der Waals surface area contributed by atoms with E-state index in [0.29, 0.717) is 17.1 Å². The Bertz CT molecular complexity index is 684. The van der Waals surface area contributed by atoms with Crippen LogP contribution in [-0.4, -0.2) is 43.5 Å². The van der Waals surface area contributed by atoms with Gasteiger partial charge in [0.05, 0.1) is 5.15 Å². The Kier molecular flexibility index (Phi) is 3.56. The number of carboxylic acids is 1. The maximum absolute atomic E-state index is 13.6. The molecule has 1 aromatic heterocycles. The zero-order chi connectivity index (χ0) is 15.0. The number of nitrogens with zero attached hydrogens (tertiary/aromatic N) is 2. The first-order chi connectivity index (χ1) is 10.1. The Morgan fingerprint density at radius 2 is 2.38 bits per heavy atom. The summed E-state index contributed by atoms with van der Waals surface area (Å²) in [6, 6.07) is 2.54. The van der Waals surface area contributed by atoms with E-state index in [2.05, 4.69) is 15.2 Å². The second kappa shape index (κ2) is 5.37. The summed E-state index contributed by atoms with van der Waals surface area (Å²) in [5, 5.41) is 25.5. The van der Waals surface area contributed by atoms with Crippen molar-refractivity contribution in [3.05, 3.63) is 35.4 Å². The summed E-state index contributed by atoms with van der Waals surface area (Å²) in [5.41, 5.74) is -0.0363. The molecular weight excluding hydrogens is 300 g/mol. The van der Waals surface area contributed by atoms with Crippen LogP contribution in [0.5, 0.6) is 5.75 Å². The number of carbonyl (C=O) groups is 1. The number of carboxylic acid groups (broad SMARTS) is 1. The number of H-pyrrole nitrogens is 1. The van der Waals surface area contributed by atoms with Gasteiger partial charge in [-0.05, 0) is 18.1 Å². The lowest BCUT2D eigenvalue weighted by Crippen LogP contribution is -2.41. The summed E-state index contributed by atoms with van der Waals surface area (Å²) in [6.07, 6.45) is 1.66. The maximum atomic E-state index is 13.6. The quantitative estimate of drug-likeness (QED) is 0.718. The molecule has 0 aliphatic carbocycles. The molecule has 3 rings (SSSR count).